The standard InChI is InChI=1S/C10H16N2/c1-2-6(1)7-3-9(8-4-11-8)12-5-10(7)12/h6-11H,1-5H2. The molecule has 2 heteroatoms. The zero-order chi connectivity index (χ0) is 7.71. The molecule has 12 heavy (non-hydrogen) atoms. The monoisotopic (exact) mass is 164 g/mol. The number of nitrogens with zero attached hydrogens (tertiary/aromatic N) is 1. The van der Waals surface area contributed by atoms with E-state index in [1.807, 2.05) is 0 Å². The summed E-state index contributed by atoms with van der Waals surface area (Å²) in [5, 5.41) is 3.47. The van der Waals surface area contributed by atoms with Gasteiger partial charge in [-0.3, -0.25) is 4.90 Å². The van der Waals surface area contributed by atoms with Crippen LogP contribution in [0, 0.1) is 11.8 Å². The lowest BCUT2D eigenvalue weighted by Crippen LogP contribution is -2.24. The summed E-state index contributed by atoms with van der Waals surface area (Å²) in [6.45, 7) is 2.73. The molecule has 0 spiro atoms. The number of fused-ring (bicyclic) bond motifs is 1. The zero-order valence-corrected chi connectivity index (χ0v) is 7.37. The molecule has 4 aliphatic rings. The SMILES string of the molecule is C1CC1C1CC(C2CN2)N2CC12. The van der Waals surface area contributed by atoms with Crippen LogP contribution in [-0.2, 0) is 0 Å². The molecule has 2 nitrogen and oxygen atoms in total. The number of hydrogen-bond acceptors (Lipinski definition) is 2. The van der Waals surface area contributed by atoms with Crippen LogP contribution in [-0.4, -0.2) is 36.1 Å². The Hall–Kier alpha value is -0.0800. The second kappa shape index (κ2) is 1.88. The normalized spacial score (nSPS) is 61.5. The van der Waals surface area contributed by atoms with E-state index in [-0.39, 0.29) is 0 Å². The Balaban J connectivity index is 1.54. The number of nitrogens with one attached hydrogen (secondary N) is 1. The lowest BCUT2D eigenvalue weighted by molar-refractivity contribution is 0.400. The van der Waals surface area contributed by atoms with Gasteiger partial charge in [0.1, 0.15) is 0 Å². The van der Waals surface area contributed by atoms with Gasteiger partial charge in [0.25, 0.3) is 0 Å². The summed E-state index contributed by atoms with van der Waals surface area (Å²) >= 11 is 0. The number of piperidine rings is 1. The number of hydrogen-bond donors (Lipinski definition) is 1. The highest BCUT2D eigenvalue weighted by Gasteiger charge is 2.58. The highest BCUT2D eigenvalue weighted by atomic mass is 15.4. The lowest BCUT2D eigenvalue weighted by atomic mass is 9.94. The second-order valence-corrected chi connectivity index (χ2v) is 5.08. The van der Waals surface area contributed by atoms with Crippen molar-refractivity contribution in [2.75, 3.05) is 13.1 Å². The molecule has 1 aliphatic carbocycles. The molecule has 66 valence electrons. The fourth-order valence-electron chi connectivity index (χ4n) is 3.27. The molecule has 0 bridgehead atoms. The van der Waals surface area contributed by atoms with E-state index in [1.54, 1.807) is 12.8 Å². The van der Waals surface area contributed by atoms with Crippen LogP contribution in [0.5, 0.6) is 0 Å². The number of rotatable bonds is 2. The molecule has 3 saturated heterocycles. The van der Waals surface area contributed by atoms with Gasteiger partial charge in [-0.25, -0.2) is 0 Å². The maximum atomic E-state index is 3.47. The van der Waals surface area contributed by atoms with Gasteiger partial charge in [0.15, 0.2) is 0 Å². The van der Waals surface area contributed by atoms with E-state index >= 15 is 0 Å². The molecule has 0 aromatic heterocycles. The van der Waals surface area contributed by atoms with Crippen LogP contribution < -0.4 is 5.32 Å². The van der Waals surface area contributed by atoms with Gasteiger partial charge in [-0.15, -0.1) is 0 Å². The first-order valence-corrected chi connectivity index (χ1v) is 5.42. The summed E-state index contributed by atoms with van der Waals surface area (Å²) in [4.78, 5) is 2.74. The third-order valence-electron chi connectivity index (χ3n) is 4.26. The van der Waals surface area contributed by atoms with Crippen molar-refractivity contribution < 1.29 is 0 Å². The molecular weight excluding hydrogens is 148 g/mol. The molecule has 3 heterocycles. The second-order valence-electron chi connectivity index (χ2n) is 5.08. The van der Waals surface area contributed by atoms with Crippen LogP contribution in [0.4, 0.5) is 0 Å². The van der Waals surface area contributed by atoms with Crippen molar-refractivity contribution in [2.45, 2.75) is 37.4 Å². The van der Waals surface area contributed by atoms with Crippen LogP contribution in [0.15, 0.2) is 0 Å². The lowest BCUT2D eigenvalue weighted by Gasteiger charge is -2.13. The van der Waals surface area contributed by atoms with Gasteiger partial charge >= 0.3 is 0 Å². The summed E-state index contributed by atoms with van der Waals surface area (Å²) in [5.41, 5.74) is 0. The maximum Gasteiger partial charge on any atom is 0.0349 e. The van der Waals surface area contributed by atoms with E-state index in [0.717, 1.165) is 30.0 Å². The molecule has 4 fully saturated rings. The maximum absolute atomic E-state index is 3.47. The van der Waals surface area contributed by atoms with Gasteiger partial charge in [-0.05, 0) is 31.1 Å². The van der Waals surface area contributed by atoms with E-state index in [2.05, 4.69) is 10.2 Å². The molecule has 1 N–H and O–H groups in total. The Morgan fingerprint density at radius 3 is 2.67 bits per heavy atom. The van der Waals surface area contributed by atoms with Crippen LogP contribution in [0.3, 0.4) is 0 Å². The van der Waals surface area contributed by atoms with E-state index in [0.29, 0.717) is 0 Å². The molecule has 4 rings (SSSR count). The minimum atomic E-state index is 0.888. The molecule has 0 radical (unpaired) electrons. The molecular formula is C10H16N2. The van der Waals surface area contributed by atoms with Crippen molar-refractivity contribution in [3.63, 3.8) is 0 Å². The third kappa shape index (κ3) is 0.775. The van der Waals surface area contributed by atoms with Gasteiger partial charge in [0.2, 0.25) is 0 Å². The minimum absolute atomic E-state index is 0.888. The summed E-state index contributed by atoms with van der Waals surface area (Å²) in [6.07, 6.45) is 4.60. The average Bonchev–Trinajstić information content (AvgIpc) is 2.95. The van der Waals surface area contributed by atoms with Crippen molar-refractivity contribution in [1.82, 2.24) is 10.2 Å². The van der Waals surface area contributed by atoms with Gasteiger partial charge in [0.05, 0.1) is 0 Å². The molecule has 3 aliphatic heterocycles. The van der Waals surface area contributed by atoms with E-state index in [9.17, 15) is 0 Å². The predicted molar refractivity (Wildman–Crippen MR) is 46.9 cm³/mol. The molecule has 5 unspecified atom stereocenters. The Labute approximate surface area is 73.3 Å². The summed E-state index contributed by atoms with van der Waals surface area (Å²) in [5.74, 6) is 2.25. The highest BCUT2D eigenvalue weighted by Crippen LogP contribution is 2.52. The van der Waals surface area contributed by atoms with Crippen LogP contribution in [0.25, 0.3) is 0 Å². The minimum Gasteiger partial charge on any atom is -0.310 e. The largest absolute Gasteiger partial charge is 0.310 e. The van der Waals surface area contributed by atoms with Crippen molar-refractivity contribution >= 4 is 0 Å². The molecule has 0 aromatic rings. The van der Waals surface area contributed by atoms with Gasteiger partial charge in [0, 0.05) is 31.2 Å². The predicted octanol–water partition coefficient (Wildman–Crippen LogP) is 0.441. The first kappa shape index (κ1) is 6.39. The van der Waals surface area contributed by atoms with Crippen molar-refractivity contribution in [1.29, 1.82) is 0 Å². The highest BCUT2D eigenvalue weighted by molar-refractivity contribution is 5.15. The smallest absolute Gasteiger partial charge is 0.0349 e. The third-order valence-corrected chi connectivity index (χ3v) is 4.26. The Morgan fingerprint density at radius 2 is 2.00 bits per heavy atom. The van der Waals surface area contributed by atoms with Crippen molar-refractivity contribution in [2.24, 2.45) is 11.8 Å². The van der Waals surface area contributed by atoms with E-state index in [1.165, 1.54) is 19.5 Å². The quantitative estimate of drug-likeness (QED) is 0.599. The zero-order valence-electron chi connectivity index (χ0n) is 7.37. The summed E-state index contributed by atoms with van der Waals surface area (Å²) in [7, 11) is 0. The van der Waals surface area contributed by atoms with Crippen LogP contribution in [0.1, 0.15) is 19.3 Å². The molecule has 0 aromatic carbocycles. The fourth-order valence-corrected chi connectivity index (χ4v) is 3.27. The Morgan fingerprint density at radius 1 is 1.17 bits per heavy atom. The first-order valence-electron chi connectivity index (χ1n) is 5.42. The molecule has 5 atom stereocenters. The first-order chi connectivity index (χ1) is 5.93. The van der Waals surface area contributed by atoms with Gasteiger partial charge < -0.3 is 5.32 Å². The van der Waals surface area contributed by atoms with Gasteiger partial charge in [-0.2, -0.15) is 0 Å². The summed E-state index contributed by atoms with van der Waals surface area (Å²) < 4.78 is 0. The average molecular weight is 164 g/mol. The Bertz CT molecular complexity index is 198. The molecule has 1 saturated carbocycles. The van der Waals surface area contributed by atoms with E-state index < -0.39 is 0 Å². The van der Waals surface area contributed by atoms with Gasteiger partial charge in [-0.1, -0.05) is 0 Å². The molecule has 0 amide bonds. The topological polar surface area (TPSA) is 25.0 Å². The van der Waals surface area contributed by atoms with Crippen LogP contribution >= 0.6 is 0 Å². The van der Waals surface area contributed by atoms with Crippen LogP contribution in [0.2, 0.25) is 0 Å². The summed E-state index contributed by atoms with van der Waals surface area (Å²) in [6, 6.07) is 2.87. The van der Waals surface area contributed by atoms with E-state index in [4.69, 9.17) is 0 Å². The fraction of sp³-hybridized carbons (Fsp3) is 1.00. The van der Waals surface area contributed by atoms with Crippen molar-refractivity contribution in [3.05, 3.63) is 0 Å². The van der Waals surface area contributed by atoms with Crippen molar-refractivity contribution in [3.8, 4) is 0 Å². The Kier molecular flexibility index (Phi) is 0.999.